The van der Waals surface area contributed by atoms with Crippen LogP contribution in [0.2, 0.25) is 0 Å². The monoisotopic (exact) mass is 279 g/mol. The fourth-order valence-electron chi connectivity index (χ4n) is 2.24. The van der Waals surface area contributed by atoms with Gasteiger partial charge in [0.2, 0.25) is 0 Å². The van der Waals surface area contributed by atoms with Gasteiger partial charge in [-0.2, -0.15) is 5.10 Å². The molecule has 104 valence electrons. The number of nitrogens with one attached hydrogen (secondary N) is 1. The molecule has 0 bridgehead atoms. The van der Waals surface area contributed by atoms with E-state index in [0.717, 1.165) is 18.0 Å². The number of amides is 1. The van der Waals surface area contributed by atoms with Gasteiger partial charge in [-0.15, -0.1) is 11.3 Å². The standard InChI is InChI=1S/C14H21N3OS/c18-14(16-15-11-13-7-6-10-19-13)12-17-8-4-2-1-3-5-9-17/h6-7,10-11H,1-5,8-9,12H2,(H,16,18). The van der Waals surface area contributed by atoms with Gasteiger partial charge in [-0.3, -0.25) is 9.69 Å². The number of carbonyl (C=O) groups excluding carboxylic acids is 1. The van der Waals surface area contributed by atoms with Crippen LogP contribution in [0.1, 0.15) is 37.0 Å². The van der Waals surface area contributed by atoms with Crippen molar-refractivity contribution in [1.29, 1.82) is 0 Å². The second-order valence-corrected chi connectivity index (χ2v) is 5.83. The lowest BCUT2D eigenvalue weighted by molar-refractivity contribution is -0.122. The highest BCUT2D eigenvalue weighted by Gasteiger charge is 2.11. The minimum atomic E-state index is -0.0200. The third-order valence-corrected chi connectivity index (χ3v) is 4.05. The molecule has 19 heavy (non-hydrogen) atoms. The Balaban J connectivity index is 1.70. The minimum absolute atomic E-state index is 0.0200. The molecule has 0 saturated carbocycles. The van der Waals surface area contributed by atoms with Gasteiger partial charge in [0.25, 0.3) is 5.91 Å². The predicted molar refractivity (Wildman–Crippen MR) is 79.6 cm³/mol. The molecule has 0 unspecified atom stereocenters. The van der Waals surface area contributed by atoms with Crippen molar-refractivity contribution in [3.05, 3.63) is 22.4 Å². The summed E-state index contributed by atoms with van der Waals surface area (Å²) in [5.74, 6) is -0.0200. The lowest BCUT2D eigenvalue weighted by atomic mass is 10.1. The average molecular weight is 279 g/mol. The van der Waals surface area contributed by atoms with Crippen molar-refractivity contribution in [2.24, 2.45) is 5.10 Å². The van der Waals surface area contributed by atoms with Crippen molar-refractivity contribution < 1.29 is 4.79 Å². The second-order valence-electron chi connectivity index (χ2n) is 4.85. The van der Waals surface area contributed by atoms with Crippen molar-refractivity contribution in [1.82, 2.24) is 10.3 Å². The largest absolute Gasteiger partial charge is 0.294 e. The van der Waals surface area contributed by atoms with Gasteiger partial charge in [-0.05, 0) is 37.4 Å². The molecule has 1 saturated heterocycles. The molecule has 0 aromatic carbocycles. The van der Waals surface area contributed by atoms with Crippen LogP contribution in [0, 0.1) is 0 Å². The summed E-state index contributed by atoms with van der Waals surface area (Å²) >= 11 is 1.60. The number of hydrazone groups is 1. The maximum Gasteiger partial charge on any atom is 0.254 e. The SMILES string of the molecule is O=C(CN1CCCCCCC1)NN=Cc1cccs1. The zero-order chi connectivity index (χ0) is 13.3. The average Bonchev–Trinajstić information content (AvgIpc) is 2.85. The van der Waals surface area contributed by atoms with Crippen LogP contribution >= 0.6 is 11.3 Å². The van der Waals surface area contributed by atoms with E-state index in [4.69, 9.17) is 0 Å². The second kappa shape index (κ2) is 8.07. The van der Waals surface area contributed by atoms with Gasteiger partial charge in [0, 0.05) is 4.88 Å². The van der Waals surface area contributed by atoms with E-state index in [1.54, 1.807) is 17.6 Å². The maximum atomic E-state index is 11.8. The molecule has 0 spiro atoms. The van der Waals surface area contributed by atoms with E-state index in [-0.39, 0.29) is 5.91 Å². The van der Waals surface area contributed by atoms with E-state index >= 15 is 0 Å². The van der Waals surface area contributed by atoms with Gasteiger partial charge in [0.05, 0.1) is 12.8 Å². The summed E-state index contributed by atoms with van der Waals surface area (Å²) in [5, 5.41) is 5.97. The number of carbonyl (C=O) groups is 1. The van der Waals surface area contributed by atoms with Crippen LogP contribution in [0.3, 0.4) is 0 Å². The van der Waals surface area contributed by atoms with E-state index in [1.165, 1.54) is 32.1 Å². The highest BCUT2D eigenvalue weighted by molar-refractivity contribution is 7.11. The lowest BCUT2D eigenvalue weighted by Crippen LogP contribution is -2.37. The minimum Gasteiger partial charge on any atom is -0.294 e. The molecule has 0 aliphatic carbocycles. The van der Waals surface area contributed by atoms with Crippen LogP contribution in [0.25, 0.3) is 0 Å². The number of hydrogen-bond acceptors (Lipinski definition) is 4. The van der Waals surface area contributed by atoms with E-state index in [2.05, 4.69) is 15.4 Å². The molecule has 1 aliphatic rings. The van der Waals surface area contributed by atoms with Crippen LogP contribution < -0.4 is 5.43 Å². The van der Waals surface area contributed by atoms with Crippen molar-refractivity contribution in [3.8, 4) is 0 Å². The molecule has 0 atom stereocenters. The molecule has 1 amide bonds. The first-order valence-electron chi connectivity index (χ1n) is 6.92. The number of thiophene rings is 1. The van der Waals surface area contributed by atoms with Crippen LogP contribution in [-0.4, -0.2) is 36.7 Å². The Morgan fingerprint density at radius 2 is 2.05 bits per heavy atom. The highest BCUT2D eigenvalue weighted by Crippen LogP contribution is 2.09. The zero-order valence-electron chi connectivity index (χ0n) is 11.2. The predicted octanol–water partition coefficient (Wildman–Crippen LogP) is 2.46. The van der Waals surface area contributed by atoms with Crippen molar-refractivity contribution in [2.75, 3.05) is 19.6 Å². The Labute approximate surface area is 118 Å². The fraction of sp³-hybridized carbons (Fsp3) is 0.571. The first kappa shape index (κ1) is 14.2. The third kappa shape index (κ3) is 5.53. The number of hydrogen-bond donors (Lipinski definition) is 1. The first-order valence-corrected chi connectivity index (χ1v) is 7.80. The van der Waals surface area contributed by atoms with Gasteiger partial charge in [0.15, 0.2) is 0 Å². The molecule has 1 N–H and O–H groups in total. The third-order valence-electron chi connectivity index (χ3n) is 3.24. The van der Waals surface area contributed by atoms with Crippen molar-refractivity contribution in [2.45, 2.75) is 32.1 Å². The Morgan fingerprint density at radius 1 is 1.32 bits per heavy atom. The molecule has 0 radical (unpaired) electrons. The van der Waals surface area contributed by atoms with Crippen LogP contribution in [0.5, 0.6) is 0 Å². The molecule has 2 rings (SSSR count). The van der Waals surface area contributed by atoms with Gasteiger partial charge < -0.3 is 0 Å². The summed E-state index contributed by atoms with van der Waals surface area (Å²) in [6, 6.07) is 3.94. The maximum absolute atomic E-state index is 11.8. The Morgan fingerprint density at radius 3 is 2.74 bits per heavy atom. The Bertz CT molecular complexity index is 395. The van der Waals surface area contributed by atoms with E-state index < -0.39 is 0 Å². The van der Waals surface area contributed by atoms with Gasteiger partial charge >= 0.3 is 0 Å². The summed E-state index contributed by atoms with van der Waals surface area (Å²) in [5.41, 5.74) is 2.60. The molecule has 1 aliphatic heterocycles. The van der Waals surface area contributed by atoms with E-state index in [9.17, 15) is 4.79 Å². The molecule has 1 aromatic heterocycles. The van der Waals surface area contributed by atoms with E-state index in [0.29, 0.717) is 6.54 Å². The summed E-state index contributed by atoms with van der Waals surface area (Å²) in [6.45, 7) is 2.52. The van der Waals surface area contributed by atoms with Gasteiger partial charge in [0.1, 0.15) is 0 Å². The molecule has 5 heteroatoms. The smallest absolute Gasteiger partial charge is 0.254 e. The summed E-state index contributed by atoms with van der Waals surface area (Å²) < 4.78 is 0. The summed E-state index contributed by atoms with van der Waals surface area (Å²) in [4.78, 5) is 15.1. The van der Waals surface area contributed by atoms with Gasteiger partial charge in [-0.25, -0.2) is 5.43 Å². The zero-order valence-corrected chi connectivity index (χ0v) is 12.0. The normalized spacial score (nSPS) is 18.1. The quantitative estimate of drug-likeness (QED) is 0.680. The van der Waals surface area contributed by atoms with Crippen molar-refractivity contribution in [3.63, 3.8) is 0 Å². The fourth-order valence-corrected chi connectivity index (χ4v) is 2.83. The number of rotatable bonds is 4. The number of likely N-dealkylation sites (tertiary alicyclic amines) is 1. The molecular formula is C14H21N3OS. The Hall–Kier alpha value is -1.20. The molecule has 1 aromatic rings. The molecular weight excluding hydrogens is 258 g/mol. The van der Waals surface area contributed by atoms with Gasteiger partial charge in [-0.1, -0.05) is 25.3 Å². The summed E-state index contributed by atoms with van der Waals surface area (Å²) in [7, 11) is 0. The highest BCUT2D eigenvalue weighted by atomic mass is 32.1. The number of nitrogens with zero attached hydrogens (tertiary/aromatic N) is 2. The lowest BCUT2D eigenvalue weighted by Gasteiger charge is -2.23. The van der Waals surface area contributed by atoms with Crippen LogP contribution in [-0.2, 0) is 4.79 Å². The summed E-state index contributed by atoms with van der Waals surface area (Å²) in [6.07, 6.45) is 8.00. The molecule has 2 heterocycles. The van der Waals surface area contributed by atoms with Crippen LogP contribution in [0.15, 0.2) is 22.6 Å². The van der Waals surface area contributed by atoms with Crippen molar-refractivity contribution >= 4 is 23.5 Å². The van der Waals surface area contributed by atoms with E-state index in [1.807, 2.05) is 17.5 Å². The molecule has 1 fully saturated rings. The topological polar surface area (TPSA) is 44.7 Å². The molecule has 4 nitrogen and oxygen atoms in total. The van der Waals surface area contributed by atoms with Crippen LogP contribution in [0.4, 0.5) is 0 Å². The first-order chi connectivity index (χ1) is 9.34. The Kier molecular flexibility index (Phi) is 6.04.